The molecule has 1 aromatic rings. The van der Waals surface area contributed by atoms with E-state index in [-0.39, 0.29) is 25.9 Å². The van der Waals surface area contributed by atoms with Crippen molar-refractivity contribution in [3.05, 3.63) is 60.2 Å². The number of hydrogen-bond acceptors (Lipinski definition) is 8. The number of rotatable bonds is 8. The van der Waals surface area contributed by atoms with E-state index in [2.05, 4.69) is 4.74 Å². The fourth-order valence-electron chi connectivity index (χ4n) is 2.51. The Morgan fingerprint density at radius 3 is 2.09 bits per heavy atom. The zero-order valence-electron chi connectivity index (χ0n) is 17.8. The number of carboxylic acids is 1. The van der Waals surface area contributed by atoms with Crippen molar-refractivity contribution >= 4 is 29.9 Å². The van der Waals surface area contributed by atoms with Gasteiger partial charge in [0.05, 0.1) is 19.3 Å². The molecule has 2 amide bonds. The number of imide groups is 1. The number of hydrogen-bond donors (Lipinski definition) is 1. The summed E-state index contributed by atoms with van der Waals surface area (Å²) in [5, 5.41) is 8.04. The third-order valence-corrected chi connectivity index (χ3v) is 3.81. The van der Waals surface area contributed by atoms with Crippen LogP contribution in [-0.2, 0) is 39.8 Å². The van der Waals surface area contributed by atoms with Gasteiger partial charge in [0.15, 0.2) is 0 Å². The average molecular weight is 447 g/mol. The van der Waals surface area contributed by atoms with Gasteiger partial charge in [-0.2, -0.15) is 0 Å². The van der Waals surface area contributed by atoms with E-state index >= 15 is 0 Å². The van der Waals surface area contributed by atoms with E-state index in [1.54, 1.807) is 13.8 Å². The summed E-state index contributed by atoms with van der Waals surface area (Å²) < 4.78 is 14.0. The van der Waals surface area contributed by atoms with Crippen LogP contribution in [0.15, 0.2) is 54.6 Å². The smallest absolute Gasteiger partial charge is 0.417 e. The largest absolute Gasteiger partial charge is 0.478 e. The van der Waals surface area contributed by atoms with Crippen LogP contribution in [0.25, 0.3) is 0 Å². The number of aliphatic carboxylic acids is 1. The van der Waals surface area contributed by atoms with Crippen LogP contribution in [0.1, 0.15) is 19.4 Å². The van der Waals surface area contributed by atoms with Gasteiger partial charge >= 0.3 is 24.0 Å². The maximum atomic E-state index is 12.1. The predicted molar refractivity (Wildman–Crippen MR) is 111 cm³/mol. The minimum Gasteiger partial charge on any atom is -0.478 e. The third-order valence-electron chi connectivity index (χ3n) is 3.81. The Kier molecular flexibility index (Phi) is 11.5. The van der Waals surface area contributed by atoms with E-state index < -0.39 is 29.9 Å². The second-order valence-electron chi connectivity index (χ2n) is 6.14. The van der Waals surface area contributed by atoms with Crippen molar-refractivity contribution in [3.8, 4) is 0 Å². The maximum absolute atomic E-state index is 12.1. The summed E-state index contributed by atoms with van der Waals surface area (Å²) in [5.41, 5.74) is 0.998. The van der Waals surface area contributed by atoms with Crippen LogP contribution in [0.2, 0.25) is 0 Å². The van der Waals surface area contributed by atoms with E-state index in [0.717, 1.165) is 34.8 Å². The number of esters is 2. The van der Waals surface area contributed by atoms with Crippen molar-refractivity contribution in [2.75, 3.05) is 19.8 Å². The first-order chi connectivity index (χ1) is 15.3. The predicted octanol–water partition coefficient (Wildman–Crippen LogP) is 1.89. The lowest BCUT2D eigenvalue weighted by Crippen LogP contribution is -2.39. The average Bonchev–Trinajstić information content (AvgIpc) is 3.12. The molecule has 0 aromatic heterocycles. The van der Waals surface area contributed by atoms with Gasteiger partial charge in [0.2, 0.25) is 0 Å². The van der Waals surface area contributed by atoms with E-state index in [4.69, 9.17) is 14.6 Å². The number of carbonyl (C=O) groups excluding carboxylic acids is 4. The zero-order valence-corrected chi connectivity index (χ0v) is 17.8. The lowest BCUT2D eigenvalue weighted by Gasteiger charge is -2.17. The molecule has 10 nitrogen and oxygen atoms in total. The molecule has 0 bridgehead atoms. The second-order valence-corrected chi connectivity index (χ2v) is 6.14. The number of nitrogens with zero attached hydrogens (tertiary/aromatic N) is 1. The molecular formula is C22H25NO9. The van der Waals surface area contributed by atoms with Crippen LogP contribution >= 0.6 is 0 Å². The monoisotopic (exact) mass is 447 g/mol. The van der Waals surface area contributed by atoms with E-state index in [1.165, 1.54) is 0 Å². The fourth-order valence-corrected chi connectivity index (χ4v) is 2.51. The molecule has 1 saturated heterocycles. The summed E-state index contributed by atoms with van der Waals surface area (Å²) >= 11 is 0. The van der Waals surface area contributed by atoms with Crippen molar-refractivity contribution in [2.24, 2.45) is 0 Å². The van der Waals surface area contributed by atoms with Gasteiger partial charge in [0, 0.05) is 24.3 Å². The summed E-state index contributed by atoms with van der Waals surface area (Å²) in [7, 11) is 0. The molecule has 2 rings (SSSR count). The zero-order chi connectivity index (χ0) is 23.9. The Balaban J connectivity index is 0.000000433. The molecule has 1 heterocycles. The van der Waals surface area contributed by atoms with Gasteiger partial charge in [-0.15, -0.1) is 0 Å². The summed E-state index contributed by atoms with van der Waals surface area (Å²) in [5.74, 6) is -3.00. The first-order valence-electron chi connectivity index (χ1n) is 9.74. The lowest BCUT2D eigenvalue weighted by atomic mass is 10.1. The molecule has 1 aromatic carbocycles. The van der Waals surface area contributed by atoms with Crippen LogP contribution in [0.4, 0.5) is 4.79 Å². The van der Waals surface area contributed by atoms with Crippen LogP contribution in [0, 0.1) is 0 Å². The number of ether oxygens (including phenoxy) is 3. The third kappa shape index (κ3) is 9.70. The molecule has 0 saturated carbocycles. The molecule has 1 fully saturated rings. The SMILES string of the molecule is CCOC(=O)/C=C/C(=O)N1C(=O)OC[C@H]1Cc1ccccc1.CCOC(=O)/C=C/C(=O)O. The van der Waals surface area contributed by atoms with Crippen LogP contribution < -0.4 is 0 Å². The molecule has 1 atom stereocenters. The summed E-state index contributed by atoms with van der Waals surface area (Å²) in [6.45, 7) is 3.93. The van der Waals surface area contributed by atoms with Gasteiger partial charge in [-0.05, 0) is 25.8 Å². The lowest BCUT2D eigenvalue weighted by molar-refractivity contribution is -0.138. The highest BCUT2D eigenvalue weighted by molar-refractivity contribution is 6.02. The van der Waals surface area contributed by atoms with Gasteiger partial charge in [-0.1, -0.05) is 30.3 Å². The van der Waals surface area contributed by atoms with Gasteiger partial charge in [-0.3, -0.25) is 4.79 Å². The van der Waals surface area contributed by atoms with Gasteiger partial charge in [-0.25, -0.2) is 24.1 Å². The molecule has 1 aliphatic heterocycles. The molecule has 0 spiro atoms. The molecule has 1 aliphatic rings. The molecule has 172 valence electrons. The fraction of sp³-hybridized carbons (Fsp3) is 0.318. The molecule has 10 heteroatoms. The molecule has 32 heavy (non-hydrogen) atoms. The molecule has 0 radical (unpaired) electrons. The number of carbonyl (C=O) groups is 5. The summed E-state index contributed by atoms with van der Waals surface area (Å²) in [4.78, 5) is 56.3. The molecular weight excluding hydrogens is 422 g/mol. The highest BCUT2D eigenvalue weighted by Crippen LogP contribution is 2.17. The number of cyclic esters (lactones) is 1. The number of amides is 2. The molecule has 0 unspecified atom stereocenters. The van der Waals surface area contributed by atoms with Crippen LogP contribution in [-0.4, -0.2) is 65.8 Å². The van der Waals surface area contributed by atoms with Crippen molar-refractivity contribution in [1.29, 1.82) is 0 Å². The van der Waals surface area contributed by atoms with Gasteiger partial charge in [0.1, 0.15) is 6.61 Å². The quantitative estimate of drug-likeness (QED) is 0.360. The standard InChI is InChI=1S/C16H17NO5.C6H8O4/c1-2-21-15(19)9-8-14(18)17-13(11-22-16(17)20)10-12-6-4-3-5-7-12;1-2-10-6(9)4-3-5(7)8/h3-9,13H,2,10-11H2,1H3;3-4H,2H2,1H3,(H,7,8)/b9-8+;4-3+/t13-;/m1./s1. The first-order valence-corrected chi connectivity index (χ1v) is 9.74. The van der Waals surface area contributed by atoms with Gasteiger partial charge in [0.25, 0.3) is 5.91 Å². The number of carboxylic acid groups (broad SMARTS) is 1. The normalized spacial score (nSPS) is 15.1. The minimum atomic E-state index is -1.16. The molecule has 0 aliphatic carbocycles. The van der Waals surface area contributed by atoms with Crippen molar-refractivity contribution in [3.63, 3.8) is 0 Å². The first kappa shape index (κ1) is 26.1. The van der Waals surface area contributed by atoms with E-state index in [9.17, 15) is 24.0 Å². The topological polar surface area (TPSA) is 137 Å². The van der Waals surface area contributed by atoms with Crippen LogP contribution in [0.5, 0.6) is 0 Å². The number of benzene rings is 1. The highest BCUT2D eigenvalue weighted by Gasteiger charge is 2.36. The summed E-state index contributed by atoms with van der Waals surface area (Å²) in [6, 6.07) is 9.12. The highest BCUT2D eigenvalue weighted by atomic mass is 16.6. The van der Waals surface area contributed by atoms with Gasteiger partial charge < -0.3 is 19.3 Å². The Morgan fingerprint density at radius 2 is 1.56 bits per heavy atom. The van der Waals surface area contributed by atoms with E-state index in [0.29, 0.717) is 6.42 Å². The van der Waals surface area contributed by atoms with Crippen molar-refractivity contribution in [1.82, 2.24) is 4.90 Å². The second kappa shape index (κ2) is 14.1. The Morgan fingerprint density at radius 1 is 1.00 bits per heavy atom. The Labute approximate surface area is 185 Å². The minimum absolute atomic E-state index is 0.146. The van der Waals surface area contributed by atoms with Crippen molar-refractivity contribution < 1.29 is 43.3 Å². The Hall–Kier alpha value is -3.95. The van der Waals surface area contributed by atoms with Crippen LogP contribution in [0.3, 0.4) is 0 Å². The van der Waals surface area contributed by atoms with E-state index in [1.807, 2.05) is 30.3 Å². The Bertz CT molecular complexity index is 861. The van der Waals surface area contributed by atoms with Crippen molar-refractivity contribution in [2.45, 2.75) is 26.3 Å². The summed E-state index contributed by atoms with van der Waals surface area (Å²) in [6.07, 6.45) is 3.45. The maximum Gasteiger partial charge on any atom is 0.417 e. The molecule has 1 N–H and O–H groups in total.